The molecule has 2 fully saturated rings. The zero-order valence-electron chi connectivity index (χ0n) is 25.7. The third-order valence-corrected chi connectivity index (χ3v) is 13.3. The van der Waals surface area contributed by atoms with Crippen LogP contribution in [0.1, 0.15) is 12.5 Å². The highest BCUT2D eigenvalue weighted by Gasteiger charge is 2.52. The summed E-state index contributed by atoms with van der Waals surface area (Å²) in [5.74, 6) is 0. The van der Waals surface area contributed by atoms with E-state index in [4.69, 9.17) is 14.0 Å². The van der Waals surface area contributed by atoms with E-state index in [-0.39, 0.29) is 22.3 Å². The molecule has 33 heteroatoms. The van der Waals surface area contributed by atoms with Crippen molar-refractivity contribution in [2.75, 3.05) is 13.2 Å². The maximum Gasteiger partial charge on any atom is 0.490 e. The van der Waals surface area contributed by atoms with Crippen molar-refractivity contribution in [2.45, 2.75) is 49.1 Å². The Bertz CT molecular complexity index is 2310. The predicted molar refractivity (Wildman–Crippen MR) is 163 cm³/mol. The maximum atomic E-state index is 12.7. The van der Waals surface area contributed by atoms with Crippen molar-refractivity contribution in [2.24, 2.45) is 0 Å². The number of imidazole rings is 2. The fraction of sp³-hybridized carbons (Fsp3) is 0.500. The van der Waals surface area contributed by atoms with E-state index in [1.54, 1.807) is 0 Å². The Labute approximate surface area is 290 Å². The molecule has 12 atom stereocenters. The molecule has 0 radical (unpaired) electrons. The zero-order valence-corrected chi connectivity index (χ0v) is 29.3. The molecule has 4 unspecified atom stereocenters. The third-order valence-electron chi connectivity index (χ3n) is 7.38. The van der Waals surface area contributed by atoms with Crippen LogP contribution in [0.3, 0.4) is 0 Å². The van der Waals surface area contributed by atoms with Crippen LogP contribution in [0.2, 0.25) is 0 Å². The standard InChI is InChI=1S/C20H26N8O21P4/c29-1-7-14(13(32)20(44-7)28-6-26-10-16(28)22-4-24-18(10)34)46-51(37,38)48-53(41,42)49-52(39,40)47-50(35,36)43-2-8-11(30)12(31)19(45-8)27-5-25-9-15(27)21-3-23-17(9)33/h3-8,11-14,19-20,29-32H,1-2H2,(H,35,36)(H,37,38)(H,39,40)(H,41,42)(H,21,23,33)(H,22,24,34)/t7-,8-,11-,12-,13-,14-,19-,20-/m1/s1. The van der Waals surface area contributed by atoms with E-state index in [0.717, 1.165) is 34.4 Å². The van der Waals surface area contributed by atoms with E-state index >= 15 is 0 Å². The zero-order chi connectivity index (χ0) is 38.7. The number of aromatic nitrogens is 8. The number of phosphoric ester groups is 2. The topological polar surface area (TPSA) is 422 Å². The van der Waals surface area contributed by atoms with Crippen molar-refractivity contribution >= 4 is 53.6 Å². The molecule has 10 N–H and O–H groups in total. The molecule has 292 valence electrons. The van der Waals surface area contributed by atoms with Gasteiger partial charge in [-0.3, -0.25) is 27.8 Å². The number of H-pyrrole nitrogens is 2. The molecule has 29 nitrogen and oxygen atoms in total. The Balaban J connectivity index is 1.06. The summed E-state index contributed by atoms with van der Waals surface area (Å²) in [6, 6.07) is 0. The first-order valence-corrected chi connectivity index (χ1v) is 20.2. The summed E-state index contributed by atoms with van der Waals surface area (Å²) in [4.78, 5) is 83.8. The van der Waals surface area contributed by atoms with Crippen LogP contribution >= 0.6 is 31.3 Å². The van der Waals surface area contributed by atoms with Crippen molar-refractivity contribution in [3.63, 3.8) is 0 Å². The van der Waals surface area contributed by atoms with Gasteiger partial charge in [-0.25, -0.2) is 38.2 Å². The minimum absolute atomic E-state index is 0.0839. The molecule has 0 bridgehead atoms. The first-order valence-electron chi connectivity index (χ1n) is 14.3. The number of hydrogen-bond donors (Lipinski definition) is 10. The minimum Gasteiger partial charge on any atom is -0.394 e. The average molecular weight is 838 g/mol. The van der Waals surface area contributed by atoms with E-state index in [0.29, 0.717) is 0 Å². The smallest absolute Gasteiger partial charge is 0.394 e. The minimum atomic E-state index is -6.29. The molecule has 0 aliphatic carbocycles. The number of aromatic amines is 2. The van der Waals surface area contributed by atoms with Gasteiger partial charge in [-0.2, -0.15) is 12.9 Å². The van der Waals surface area contributed by atoms with Crippen molar-refractivity contribution < 1.29 is 89.7 Å². The molecular formula is C20H26N8O21P4. The van der Waals surface area contributed by atoms with Gasteiger partial charge in [0.25, 0.3) is 11.1 Å². The summed E-state index contributed by atoms with van der Waals surface area (Å²) in [6.07, 6.45) is -10.0. The molecule has 2 aliphatic rings. The summed E-state index contributed by atoms with van der Waals surface area (Å²) in [5, 5.41) is 41.4. The molecule has 2 saturated heterocycles. The van der Waals surface area contributed by atoms with Crippen molar-refractivity contribution in [1.29, 1.82) is 0 Å². The van der Waals surface area contributed by atoms with Crippen molar-refractivity contribution in [1.82, 2.24) is 39.0 Å². The van der Waals surface area contributed by atoms with Crippen LogP contribution in [0, 0.1) is 0 Å². The highest BCUT2D eigenvalue weighted by molar-refractivity contribution is 7.69. The molecule has 4 aromatic rings. The van der Waals surface area contributed by atoms with Gasteiger partial charge >= 0.3 is 31.3 Å². The summed E-state index contributed by atoms with van der Waals surface area (Å²) in [7, 11) is -24.3. The van der Waals surface area contributed by atoms with E-state index in [2.05, 4.69) is 47.4 Å². The molecule has 6 rings (SSSR count). The number of phosphoric acid groups is 4. The number of ether oxygens (including phenoxy) is 2. The summed E-state index contributed by atoms with van der Waals surface area (Å²) in [5.41, 5.74) is -1.91. The highest BCUT2D eigenvalue weighted by atomic mass is 31.3. The quantitative estimate of drug-likeness (QED) is 0.0565. The van der Waals surface area contributed by atoms with Gasteiger partial charge in [-0.1, -0.05) is 0 Å². The molecule has 6 heterocycles. The van der Waals surface area contributed by atoms with Crippen LogP contribution in [0.25, 0.3) is 22.3 Å². The van der Waals surface area contributed by atoms with Crippen LogP contribution in [-0.2, 0) is 49.7 Å². The summed E-state index contributed by atoms with van der Waals surface area (Å²) >= 11 is 0. The molecule has 0 aromatic carbocycles. The molecule has 0 amide bonds. The molecular weight excluding hydrogens is 812 g/mol. The number of aliphatic hydroxyl groups excluding tert-OH is 4. The lowest BCUT2D eigenvalue weighted by Crippen LogP contribution is -2.35. The number of aliphatic hydroxyl groups is 4. The van der Waals surface area contributed by atoms with Gasteiger partial charge in [0.2, 0.25) is 0 Å². The van der Waals surface area contributed by atoms with Gasteiger partial charge in [-0.15, -0.1) is 0 Å². The number of nitrogens with one attached hydrogen (secondary N) is 2. The second-order valence-electron chi connectivity index (χ2n) is 10.9. The first-order chi connectivity index (χ1) is 24.7. The van der Waals surface area contributed by atoms with E-state index in [9.17, 15) is 67.8 Å². The van der Waals surface area contributed by atoms with Crippen LogP contribution in [0.15, 0.2) is 34.9 Å². The average Bonchev–Trinajstić information content (AvgIpc) is 3.80. The lowest BCUT2D eigenvalue weighted by molar-refractivity contribution is -0.0509. The second kappa shape index (κ2) is 14.6. The van der Waals surface area contributed by atoms with E-state index in [1.165, 1.54) is 0 Å². The number of fused-ring (bicyclic) bond motifs is 2. The van der Waals surface area contributed by atoms with Gasteiger partial charge in [0.15, 0.2) is 34.8 Å². The van der Waals surface area contributed by atoms with E-state index in [1.807, 2.05) is 0 Å². The Morgan fingerprint density at radius 2 is 1.15 bits per heavy atom. The summed E-state index contributed by atoms with van der Waals surface area (Å²) in [6.45, 7) is -2.16. The lowest BCUT2D eigenvalue weighted by Gasteiger charge is -2.24. The van der Waals surface area contributed by atoms with Gasteiger partial charge < -0.3 is 59.4 Å². The molecule has 2 aliphatic heterocycles. The van der Waals surface area contributed by atoms with Crippen LogP contribution < -0.4 is 11.1 Å². The number of rotatable bonds is 14. The molecule has 53 heavy (non-hydrogen) atoms. The van der Waals surface area contributed by atoms with Gasteiger partial charge in [0.1, 0.15) is 36.6 Å². The molecule has 0 saturated carbocycles. The van der Waals surface area contributed by atoms with Crippen LogP contribution in [0.4, 0.5) is 0 Å². The maximum absolute atomic E-state index is 12.7. The second-order valence-corrected chi connectivity index (χ2v) is 17.1. The predicted octanol–water partition coefficient (Wildman–Crippen LogP) is -3.02. The van der Waals surface area contributed by atoms with Gasteiger partial charge in [0.05, 0.1) is 38.5 Å². The Kier molecular flexibility index (Phi) is 10.9. The third kappa shape index (κ3) is 8.34. The largest absolute Gasteiger partial charge is 0.490 e. The Hall–Kier alpha value is -2.98. The van der Waals surface area contributed by atoms with Crippen molar-refractivity contribution in [3.8, 4) is 0 Å². The molecule has 0 spiro atoms. The first kappa shape index (κ1) is 39.7. The van der Waals surface area contributed by atoms with Crippen molar-refractivity contribution in [3.05, 3.63) is 46.0 Å². The molecule has 4 aromatic heterocycles. The van der Waals surface area contributed by atoms with Crippen LogP contribution in [0.5, 0.6) is 0 Å². The normalized spacial score (nSPS) is 30.9. The number of nitrogens with zero attached hydrogens (tertiary/aromatic N) is 6. The lowest BCUT2D eigenvalue weighted by atomic mass is 10.1. The summed E-state index contributed by atoms with van der Waals surface area (Å²) < 4.78 is 83.7. The highest BCUT2D eigenvalue weighted by Crippen LogP contribution is 2.72. The fourth-order valence-electron chi connectivity index (χ4n) is 5.21. The Morgan fingerprint density at radius 1 is 0.679 bits per heavy atom. The number of hydrogen-bond acceptors (Lipinski definition) is 21. The van der Waals surface area contributed by atoms with Crippen LogP contribution in [-0.4, -0.2) is 129 Å². The monoisotopic (exact) mass is 838 g/mol. The van der Waals surface area contributed by atoms with Gasteiger partial charge in [0, 0.05) is 0 Å². The van der Waals surface area contributed by atoms with E-state index < -0.39 is 105 Å². The fourth-order valence-corrected chi connectivity index (χ4v) is 10.4. The Morgan fingerprint density at radius 3 is 1.68 bits per heavy atom. The van der Waals surface area contributed by atoms with Gasteiger partial charge in [-0.05, 0) is 0 Å². The SMILES string of the molecule is O=c1[nH]cnc2c1ncn2[C@@H]1O[C@H](COP(=O)(O)OP(=O)(O)OP(=O)(O)OP(=O)(O)O[C@H]2[C@@H](O)[C@H](n3cnc4c(=O)[nH]cnc43)O[C@@H]2CO)[C@@H](O)[C@H]1O.